The van der Waals surface area contributed by atoms with Crippen molar-refractivity contribution in [2.24, 2.45) is 5.41 Å². The van der Waals surface area contributed by atoms with Crippen molar-refractivity contribution in [2.45, 2.75) is 38.6 Å². The molecule has 1 N–H and O–H groups in total. The first kappa shape index (κ1) is 13.6. The lowest BCUT2D eigenvalue weighted by Gasteiger charge is -2.39. The monoisotopic (exact) mass is 277 g/mol. The standard InChI is InChI=1S/C16H20FNO2/c1-16(15(19)20)6-8-18(9-7-16)14-5-2-11-10-12(17)3-4-13(11)14/h3-4,10,14H,2,5-9H2,1H3,(H,19,20). The van der Waals surface area contributed by atoms with Crippen LogP contribution in [0.15, 0.2) is 18.2 Å². The van der Waals surface area contributed by atoms with Crippen LogP contribution >= 0.6 is 0 Å². The average molecular weight is 277 g/mol. The summed E-state index contributed by atoms with van der Waals surface area (Å²) in [5, 5.41) is 9.28. The van der Waals surface area contributed by atoms with Crippen molar-refractivity contribution >= 4 is 5.97 Å². The Morgan fingerprint density at radius 2 is 2.10 bits per heavy atom. The summed E-state index contributed by atoms with van der Waals surface area (Å²) in [5.41, 5.74) is 1.76. The maximum Gasteiger partial charge on any atom is 0.309 e. The van der Waals surface area contributed by atoms with Crippen LogP contribution in [0.5, 0.6) is 0 Å². The average Bonchev–Trinajstić information content (AvgIpc) is 2.82. The third kappa shape index (κ3) is 2.22. The number of halogens is 1. The van der Waals surface area contributed by atoms with E-state index in [0.717, 1.165) is 31.5 Å². The first-order chi connectivity index (χ1) is 9.49. The van der Waals surface area contributed by atoms with Gasteiger partial charge in [0.05, 0.1) is 5.41 Å². The van der Waals surface area contributed by atoms with Crippen LogP contribution in [-0.4, -0.2) is 29.1 Å². The maximum absolute atomic E-state index is 13.2. The summed E-state index contributed by atoms with van der Waals surface area (Å²) in [6.45, 7) is 3.46. The Morgan fingerprint density at radius 3 is 2.75 bits per heavy atom. The number of hydrogen-bond acceptors (Lipinski definition) is 2. The summed E-state index contributed by atoms with van der Waals surface area (Å²) in [4.78, 5) is 13.6. The van der Waals surface area contributed by atoms with E-state index in [1.165, 1.54) is 11.6 Å². The van der Waals surface area contributed by atoms with Gasteiger partial charge in [0.2, 0.25) is 0 Å². The number of carboxylic acids is 1. The van der Waals surface area contributed by atoms with Crippen LogP contribution in [0.1, 0.15) is 43.4 Å². The number of benzene rings is 1. The normalized spacial score (nSPS) is 25.4. The molecule has 0 bridgehead atoms. The molecule has 1 aliphatic heterocycles. The first-order valence-electron chi connectivity index (χ1n) is 7.25. The SMILES string of the molecule is CC1(C(=O)O)CCN(C2CCc3cc(F)ccc32)CC1. The second-order valence-corrected chi connectivity index (χ2v) is 6.30. The van der Waals surface area contributed by atoms with Gasteiger partial charge in [-0.05, 0) is 69.0 Å². The molecule has 108 valence electrons. The predicted molar refractivity (Wildman–Crippen MR) is 74.0 cm³/mol. The fourth-order valence-electron chi connectivity index (χ4n) is 3.49. The fraction of sp³-hybridized carbons (Fsp3) is 0.562. The van der Waals surface area contributed by atoms with Gasteiger partial charge in [-0.3, -0.25) is 9.69 Å². The maximum atomic E-state index is 13.2. The summed E-state index contributed by atoms with van der Waals surface area (Å²) in [6, 6.07) is 5.40. The predicted octanol–water partition coefficient (Wildman–Crippen LogP) is 3.00. The van der Waals surface area contributed by atoms with Crippen molar-refractivity contribution in [3.63, 3.8) is 0 Å². The van der Waals surface area contributed by atoms with Crippen molar-refractivity contribution in [1.82, 2.24) is 4.90 Å². The molecule has 20 heavy (non-hydrogen) atoms. The summed E-state index contributed by atoms with van der Waals surface area (Å²) < 4.78 is 13.2. The molecule has 1 fully saturated rings. The summed E-state index contributed by atoms with van der Waals surface area (Å²) in [7, 11) is 0. The highest BCUT2D eigenvalue weighted by Gasteiger charge is 2.39. The number of aliphatic carboxylic acids is 1. The zero-order chi connectivity index (χ0) is 14.3. The lowest BCUT2D eigenvalue weighted by Crippen LogP contribution is -2.43. The molecular weight excluding hydrogens is 257 g/mol. The van der Waals surface area contributed by atoms with Gasteiger partial charge in [0, 0.05) is 6.04 Å². The van der Waals surface area contributed by atoms with Gasteiger partial charge in [0.25, 0.3) is 0 Å². The number of fused-ring (bicyclic) bond motifs is 1. The Bertz CT molecular complexity index is 535. The first-order valence-corrected chi connectivity index (χ1v) is 7.25. The van der Waals surface area contributed by atoms with E-state index in [-0.39, 0.29) is 5.82 Å². The number of carboxylic acid groups (broad SMARTS) is 1. The van der Waals surface area contributed by atoms with Crippen molar-refractivity contribution in [2.75, 3.05) is 13.1 Å². The van der Waals surface area contributed by atoms with Gasteiger partial charge >= 0.3 is 5.97 Å². The number of likely N-dealkylation sites (tertiary alicyclic amines) is 1. The van der Waals surface area contributed by atoms with Gasteiger partial charge in [-0.1, -0.05) is 6.07 Å². The summed E-state index contributed by atoms with van der Waals surface area (Å²) in [6.07, 6.45) is 3.32. The van der Waals surface area contributed by atoms with Crippen LogP contribution in [-0.2, 0) is 11.2 Å². The zero-order valence-electron chi connectivity index (χ0n) is 11.7. The molecule has 3 rings (SSSR count). The number of piperidine rings is 1. The van der Waals surface area contributed by atoms with Crippen LogP contribution < -0.4 is 0 Å². The van der Waals surface area contributed by atoms with E-state index < -0.39 is 11.4 Å². The Labute approximate surface area is 118 Å². The molecule has 1 heterocycles. The minimum atomic E-state index is -0.689. The number of hydrogen-bond donors (Lipinski definition) is 1. The minimum Gasteiger partial charge on any atom is -0.481 e. The van der Waals surface area contributed by atoms with Crippen LogP contribution in [0, 0.1) is 11.2 Å². The van der Waals surface area contributed by atoms with Crippen LogP contribution in [0.4, 0.5) is 4.39 Å². The fourth-order valence-corrected chi connectivity index (χ4v) is 3.49. The van der Waals surface area contributed by atoms with Gasteiger partial charge in [-0.25, -0.2) is 4.39 Å². The van der Waals surface area contributed by atoms with Gasteiger partial charge in [0.1, 0.15) is 5.82 Å². The molecule has 1 unspecified atom stereocenters. The van der Waals surface area contributed by atoms with Crippen LogP contribution in [0.3, 0.4) is 0 Å². The molecule has 4 heteroatoms. The zero-order valence-corrected chi connectivity index (χ0v) is 11.7. The molecule has 0 spiro atoms. The van der Waals surface area contributed by atoms with Crippen molar-refractivity contribution in [1.29, 1.82) is 0 Å². The van der Waals surface area contributed by atoms with Crippen LogP contribution in [0.2, 0.25) is 0 Å². The summed E-state index contributed by atoms with van der Waals surface area (Å²) >= 11 is 0. The molecule has 0 aromatic heterocycles. The quantitative estimate of drug-likeness (QED) is 0.903. The topological polar surface area (TPSA) is 40.5 Å². The number of carbonyl (C=O) groups is 1. The van der Waals surface area contributed by atoms with E-state index in [9.17, 15) is 14.3 Å². The van der Waals surface area contributed by atoms with Gasteiger partial charge in [0.15, 0.2) is 0 Å². The van der Waals surface area contributed by atoms with Gasteiger partial charge in [-0.2, -0.15) is 0 Å². The lowest BCUT2D eigenvalue weighted by atomic mass is 9.80. The Balaban J connectivity index is 1.73. The van der Waals surface area contributed by atoms with E-state index in [1.54, 1.807) is 6.07 Å². The Kier molecular flexibility index (Phi) is 3.28. The summed E-state index contributed by atoms with van der Waals surface area (Å²) in [5.74, 6) is -0.854. The van der Waals surface area contributed by atoms with Gasteiger partial charge < -0.3 is 5.11 Å². The smallest absolute Gasteiger partial charge is 0.309 e. The molecular formula is C16H20FNO2. The van der Waals surface area contributed by atoms with E-state index in [0.29, 0.717) is 18.9 Å². The largest absolute Gasteiger partial charge is 0.481 e. The van der Waals surface area contributed by atoms with E-state index in [1.807, 2.05) is 13.0 Å². The molecule has 0 saturated carbocycles. The molecule has 0 radical (unpaired) electrons. The van der Waals surface area contributed by atoms with Crippen LogP contribution in [0.25, 0.3) is 0 Å². The molecule has 3 nitrogen and oxygen atoms in total. The third-order valence-electron chi connectivity index (χ3n) is 5.01. The lowest BCUT2D eigenvalue weighted by molar-refractivity contribution is -0.151. The highest BCUT2D eigenvalue weighted by Crippen LogP contribution is 2.40. The Hall–Kier alpha value is -1.42. The van der Waals surface area contributed by atoms with Crippen molar-refractivity contribution < 1.29 is 14.3 Å². The molecule has 1 atom stereocenters. The molecule has 1 aromatic carbocycles. The number of aryl methyl sites for hydroxylation is 1. The molecule has 1 saturated heterocycles. The number of nitrogens with zero attached hydrogens (tertiary/aromatic N) is 1. The second kappa shape index (κ2) is 4.85. The second-order valence-electron chi connectivity index (χ2n) is 6.30. The Morgan fingerprint density at radius 1 is 1.40 bits per heavy atom. The molecule has 1 aromatic rings. The molecule has 1 aliphatic carbocycles. The van der Waals surface area contributed by atoms with Crippen molar-refractivity contribution in [3.8, 4) is 0 Å². The highest BCUT2D eigenvalue weighted by atomic mass is 19.1. The number of rotatable bonds is 2. The highest BCUT2D eigenvalue weighted by molar-refractivity contribution is 5.74. The third-order valence-corrected chi connectivity index (χ3v) is 5.01. The van der Waals surface area contributed by atoms with E-state index in [4.69, 9.17) is 0 Å². The minimum absolute atomic E-state index is 0.165. The van der Waals surface area contributed by atoms with Crippen molar-refractivity contribution in [3.05, 3.63) is 35.1 Å². The molecule has 2 aliphatic rings. The van der Waals surface area contributed by atoms with E-state index in [2.05, 4.69) is 4.90 Å². The van der Waals surface area contributed by atoms with Gasteiger partial charge in [-0.15, -0.1) is 0 Å². The molecule has 0 amide bonds. The van der Waals surface area contributed by atoms with E-state index >= 15 is 0 Å².